The molecule has 7 nitrogen and oxygen atoms in total. The van der Waals surface area contributed by atoms with E-state index < -0.39 is 9.84 Å². The van der Waals surface area contributed by atoms with E-state index >= 15 is 0 Å². The number of aryl methyl sites for hydroxylation is 1. The molecule has 2 aromatic heterocycles. The van der Waals surface area contributed by atoms with Crippen molar-refractivity contribution in [3.63, 3.8) is 0 Å². The molecule has 8 heteroatoms. The van der Waals surface area contributed by atoms with Crippen LogP contribution in [0.2, 0.25) is 0 Å². The number of sulfone groups is 1. The van der Waals surface area contributed by atoms with Crippen molar-refractivity contribution < 1.29 is 8.42 Å². The molecule has 0 bridgehead atoms. The van der Waals surface area contributed by atoms with Crippen LogP contribution in [-0.2, 0) is 16.9 Å². The topological polar surface area (TPSA) is 81.0 Å². The van der Waals surface area contributed by atoms with Crippen molar-refractivity contribution in [1.29, 1.82) is 0 Å². The van der Waals surface area contributed by atoms with Crippen LogP contribution in [0.15, 0.2) is 6.20 Å². The highest BCUT2D eigenvalue weighted by Crippen LogP contribution is 2.26. The largest absolute Gasteiger partial charge is 0.354 e. The molecular formula is C13H19N5O2S. The molecule has 0 atom stereocenters. The third-order valence-corrected chi connectivity index (χ3v) is 5.36. The van der Waals surface area contributed by atoms with Gasteiger partial charge in [0.2, 0.25) is 0 Å². The van der Waals surface area contributed by atoms with Crippen molar-refractivity contribution in [2.75, 3.05) is 29.5 Å². The maximum absolute atomic E-state index is 11.6. The summed E-state index contributed by atoms with van der Waals surface area (Å²) >= 11 is 0. The fourth-order valence-electron chi connectivity index (χ4n) is 2.45. The van der Waals surface area contributed by atoms with Gasteiger partial charge in [-0.25, -0.2) is 18.4 Å². The first-order valence-corrected chi connectivity index (χ1v) is 8.84. The molecule has 0 aliphatic carbocycles. The van der Waals surface area contributed by atoms with Crippen LogP contribution in [0.3, 0.4) is 0 Å². The smallest absolute Gasteiger partial charge is 0.163 e. The van der Waals surface area contributed by atoms with Crippen LogP contribution >= 0.6 is 0 Å². The fourth-order valence-corrected chi connectivity index (χ4v) is 3.65. The zero-order valence-corrected chi connectivity index (χ0v) is 13.3. The van der Waals surface area contributed by atoms with E-state index in [4.69, 9.17) is 0 Å². The molecule has 1 fully saturated rings. The van der Waals surface area contributed by atoms with Gasteiger partial charge in [-0.1, -0.05) is 13.8 Å². The predicted octanol–water partition coefficient (Wildman–Crippen LogP) is 0.721. The summed E-state index contributed by atoms with van der Waals surface area (Å²) in [5, 5.41) is 5.13. The van der Waals surface area contributed by atoms with Gasteiger partial charge in [-0.15, -0.1) is 0 Å². The normalized spacial score (nSPS) is 18.6. The Balaban J connectivity index is 2.09. The van der Waals surface area contributed by atoms with Crippen molar-refractivity contribution in [2.45, 2.75) is 19.8 Å². The highest BCUT2D eigenvalue weighted by atomic mass is 32.2. The quantitative estimate of drug-likeness (QED) is 0.813. The summed E-state index contributed by atoms with van der Waals surface area (Å²) < 4.78 is 24.9. The Labute approximate surface area is 123 Å². The van der Waals surface area contributed by atoms with E-state index in [1.807, 2.05) is 25.8 Å². The third-order valence-electron chi connectivity index (χ3n) is 3.75. The number of rotatable bonds is 2. The molecule has 114 valence electrons. The van der Waals surface area contributed by atoms with Gasteiger partial charge in [0, 0.05) is 26.1 Å². The highest BCUT2D eigenvalue weighted by molar-refractivity contribution is 7.91. The summed E-state index contributed by atoms with van der Waals surface area (Å²) in [5.41, 5.74) is 0.789. The number of aromatic nitrogens is 4. The van der Waals surface area contributed by atoms with E-state index in [2.05, 4.69) is 15.1 Å². The minimum absolute atomic E-state index is 0.176. The molecule has 1 aliphatic heterocycles. The van der Waals surface area contributed by atoms with Crippen LogP contribution in [0, 0.1) is 0 Å². The van der Waals surface area contributed by atoms with Gasteiger partial charge in [0.1, 0.15) is 11.6 Å². The summed E-state index contributed by atoms with van der Waals surface area (Å²) in [6.07, 6.45) is 1.75. The monoisotopic (exact) mass is 309 g/mol. The molecule has 0 unspecified atom stereocenters. The third kappa shape index (κ3) is 2.59. The Morgan fingerprint density at radius 3 is 2.48 bits per heavy atom. The van der Waals surface area contributed by atoms with Gasteiger partial charge in [0.05, 0.1) is 23.1 Å². The van der Waals surface area contributed by atoms with Crippen LogP contribution in [0.4, 0.5) is 5.82 Å². The molecule has 0 radical (unpaired) electrons. The maximum Gasteiger partial charge on any atom is 0.163 e. The Kier molecular flexibility index (Phi) is 3.35. The van der Waals surface area contributed by atoms with Crippen LogP contribution in [0.25, 0.3) is 11.0 Å². The maximum atomic E-state index is 11.6. The number of anilines is 1. The molecule has 1 saturated heterocycles. The molecule has 0 aromatic carbocycles. The van der Waals surface area contributed by atoms with E-state index in [1.54, 1.807) is 10.9 Å². The Morgan fingerprint density at radius 2 is 1.86 bits per heavy atom. The van der Waals surface area contributed by atoms with E-state index in [-0.39, 0.29) is 17.4 Å². The lowest BCUT2D eigenvalue weighted by molar-refractivity contribution is 0.586. The Hall–Kier alpha value is -1.70. The molecule has 2 aromatic rings. The Morgan fingerprint density at radius 1 is 1.19 bits per heavy atom. The lowest BCUT2D eigenvalue weighted by atomic mass is 10.2. The van der Waals surface area contributed by atoms with Gasteiger partial charge < -0.3 is 4.90 Å². The predicted molar refractivity (Wildman–Crippen MR) is 81.3 cm³/mol. The number of hydrogen-bond acceptors (Lipinski definition) is 6. The summed E-state index contributed by atoms with van der Waals surface area (Å²) in [6.45, 7) is 5.03. The Bertz CT molecular complexity index is 767. The van der Waals surface area contributed by atoms with E-state index in [0.29, 0.717) is 13.1 Å². The number of hydrogen-bond donors (Lipinski definition) is 0. The van der Waals surface area contributed by atoms with Crippen molar-refractivity contribution >= 4 is 26.7 Å². The van der Waals surface area contributed by atoms with E-state index in [1.165, 1.54) is 0 Å². The summed E-state index contributed by atoms with van der Waals surface area (Å²) in [6, 6.07) is 0. The SMILES string of the molecule is CC(C)c1nc(N2CCS(=O)(=O)CC2)c2cnn(C)c2n1. The molecule has 3 rings (SSSR count). The van der Waals surface area contributed by atoms with Gasteiger partial charge in [0.25, 0.3) is 0 Å². The van der Waals surface area contributed by atoms with Crippen molar-refractivity contribution in [2.24, 2.45) is 7.05 Å². The lowest BCUT2D eigenvalue weighted by Crippen LogP contribution is -2.41. The van der Waals surface area contributed by atoms with Crippen LogP contribution in [0.5, 0.6) is 0 Å². The van der Waals surface area contributed by atoms with E-state index in [0.717, 1.165) is 22.7 Å². The molecule has 0 spiro atoms. The highest BCUT2D eigenvalue weighted by Gasteiger charge is 2.25. The second-order valence-corrected chi connectivity index (χ2v) is 8.01. The average Bonchev–Trinajstić information content (AvgIpc) is 2.80. The fraction of sp³-hybridized carbons (Fsp3) is 0.615. The first kappa shape index (κ1) is 14.2. The minimum Gasteiger partial charge on any atom is -0.354 e. The molecule has 0 N–H and O–H groups in total. The molecule has 0 saturated carbocycles. The van der Waals surface area contributed by atoms with E-state index in [9.17, 15) is 8.42 Å². The molecule has 1 aliphatic rings. The molecule has 21 heavy (non-hydrogen) atoms. The zero-order chi connectivity index (χ0) is 15.2. The van der Waals surface area contributed by atoms with Crippen molar-refractivity contribution in [1.82, 2.24) is 19.7 Å². The van der Waals surface area contributed by atoms with Gasteiger partial charge >= 0.3 is 0 Å². The average molecular weight is 309 g/mol. The van der Waals surface area contributed by atoms with Crippen LogP contribution < -0.4 is 4.90 Å². The first-order valence-electron chi connectivity index (χ1n) is 7.02. The molecular weight excluding hydrogens is 290 g/mol. The lowest BCUT2D eigenvalue weighted by Gasteiger charge is -2.28. The zero-order valence-electron chi connectivity index (χ0n) is 12.4. The van der Waals surface area contributed by atoms with Crippen molar-refractivity contribution in [3.05, 3.63) is 12.0 Å². The molecule has 0 amide bonds. The van der Waals surface area contributed by atoms with Gasteiger partial charge in [-0.2, -0.15) is 5.10 Å². The minimum atomic E-state index is -2.90. The number of fused-ring (bicyclic) bond motifs is 1. The summed E-state index contributed by atoms with van der Waals surface area (Å²) in [4.78, 5) is 11.2. The summed E-state index contributed by atoms with van der Waals surface area (Å²) in [5.74, 6) is 2.11. The second-order valence-electron chi connectivity index (χ2n) is 5.70. The second kappa shape index (κ2) is 4.94. The summed E-state index contributed by atoms with van der Waals surface area (Å²) in [7, 11) is -1.05. The van der Waals surface area contributed by atoms with Gasteiger partial charge in [0.15, 0.2) is 15.5 Å². The number of nitrogens with zero attached hydrogens (tertiary/aromatic N) is 5. The van der Waals surface area contributed by atoms with Gasteiger partial charge in [-0.05, 0) is 0 Å². The van der Waals surface area contributed by atoms with Crippen molar-refractivity contribution in [3.8, 4) is 0 Å². The van der Waals surface area contributed by atoms with Crippen LogP contribution in [0.1, 0.15) is 25.6 Å². The van der Waals surface area contributed by atoms with Gasteiger partial charge in [-0.3, -0.25) is 4.68 Å². The van der Waals surface area contributed by atoms with Crippen LogP contribution in [-0.4, -0.2) is 52.8 Å². The standard InChI is InChI=1S/C13H19N5O2S/c1-9(2)11-15-12-10(8-14-17(12)3)13(16-11)18-4-6-21(19,20)7-5-18/h8-9H,4-7H2,1-3H3. The first-order chi connectivity index (χ1) is 9.87. The molecule has 3 heterocycles.